The highest BCUT2D eigenvalue weighted by molar-refractivity contribution is 5.85. The van der Waals surface area contributed by atoms with Crippen LogP contribution in [0.25, 0.3) is 10.9 Å². The summed E-state index contributed by atoms with van der Waals surface area (Å²) < 4.78 is 5.90. The summed E-state index contributed by atoms with van der Waals surface area (Å²) in [7, 11) is 0. The van der Waals surface area contributed by atoms with Crippen molar-refractivity contribution in [1.29, 1.82) is 0 Å². The maximum absolute atomic E-state index is 12.5. The number of rotatable bonds is 9. The van der Waals surface area contributed by atoms with E-state index in [9.17, 15) is 4.79 Å². The van der Waals surface area contributed by atoms with E-state index in [1.165, 1.54) is 24.8 Å². The molecule has 1 aliphatic heterocycles. The SMILES string of the molecule is C[C@@H](CC(=O)Cc1cc2[nH]nc(OCCC3CCCCN3)c2cn1)c1ccccc1. The zero-order chi connectivity index (χ0) is 20.8. The summed E-state index contributed by atoms with van der Waals surface area (Å²) in [6, 6.07) is 12.6. The third-order valence-corrected chi connectivity index (χ3v) is 5.87. The molecule has 4 rings (SSSR count). The molecular weight excluding hydrogens is 376 g/mol. The first-order valence-corrected chi connectivity index (χ1v) is 10.9. The van der Waals surface area contributed by atoms with Crippen molar-refractivity contribution >= 4 is 16.7 Å². The number of aromatic nitrogens is 3. The molecule has 2 N–H and O–H groups in total. The van der Waals surface area contributed by atoms with Crippen LogP contribution in [0.1, 0.15) is 56.2 Å². The number of nitrogens with one attached hydrogen (secondary N) is 2. The Hall–Kier alpha value is -2.73. The van der Waals surface area contributed by atoms with Crippen LogP contribution in [0.4, 0.5) is 0 Å². The van der Waals surface area contributed by atoms with Gasteiger partial charge in [0.25, 0.3) is 0 Å². The fraction of sp³-hybridized carbons (Fsp3) is 0.458. The molecule has 0 amide bonds. The maximum atomic E-state index is 12.5. The lowest BCUT2D eigenvalue weighted by Gasteiger charge is -2.23. The first-order valence-electron chi connectivity index (χ1n) is 10.9. The van der Waals surface area contributed by atoms with Gasteiger partial charge >= 0.3 is 0 Å². The number of hydrogen-bond donors (Lipinski definition) is 2. The van der Waals surface area contributed by atoms with Gasteiger partial charge in [-0.2, -0.15) is 0 Å². The molecule has 0 spiro atoms. The number of ketones is 1. The number of hydrogen-bond acceptors (Lipinski definition) is 5. The van der Waals surface area contributed by atoms with E-state index in [4.69, 9.17) is 4.74 Å². The first kappa shape index (κ1) is 20.5. The average molecular weight is 407 g/mol. The van der Waals surface area contributed by atoms with Crippen LogP contribution in [0.15, 0.2) is 42.6 Å². The summed E-state index contributed by atoms with van der Waals surface area (Å²) in [5.41, 5.74) is 2.80. The van der Waals surface area contributed by atoms with E-state index >= 15 is 0 Å². The van der Waals surface area contributed by atoms with Gasteiger partial charge in [-0.15, -0.1) is 5.10 Å². The molecule has 1 fully saturated rings. The Labute approximate surface area is 177 Å². The molecule has 1 aromatic carbocycles. The fourth-order valence-electron chi connectivity index (χ4n) is 4.12. The number of Topliss-reactive ketones (excluding diaryl/α,β-unsaturated/α-hetero) is 1. The van der Waals surface area contributed by atoms with Crippen LogP contribution in [0.3, 0.4) is 0 Å². The minimum Gasteiger partial charge on any atom is -0.476 e. The number of piperidine rings is 1. The average Bonchev–Trinajstić information content (AvgIpc) is 3.17. The molecule has 6 heteroatoms. The summed E-state index contributed by atoms with van der Waals surface area (Å²) in [6.45, 7) is 3.83. The van der Waals surface area contributed by atoms with Crippen LogP contribution in [-0.4, -0.2) is 40.2 Å². The van der Waals surface area contributed by atoms with E-state index in [0.29, 0.717) is 31.4 Å². The minimum atomic E-state index is 0.189. The Kier molecular flexibility index (Phi) is 6.74. The molecule has 0 aliphatic carbocycles. The number of pyridine rings is 1. The Morgan fingerprint density at radius 3 is 2.93 bits per heavy atom. The zero-order valence-electron chi connectivity index (χ0n) is 17.6. The number of carbonyl (C=O) groups excluding carboxylic acids is 1. The second kappa shape index (κ2) is 9.85. The number of carbonyl (C=O) groups is 1. The molecule has 30 heavy (non-hydrogen) atoms. The largest absolute Gasteiger partial charge is 0.476 e. The Morgan fingerprint density at radius 2 is 2.13 bits per heavy atom. The van der Waals surface area contributed by atoms with Crippen molar-refractivity contribution in [1.82, 2.24) is 20.5 Å². The molecule has 158 valence electrons. The summed E-state index contributed by atoms with van der Waals surface area (Å²) >= 11 is 0. The molecule has 1 unspecified atom stereocenters. The van der Waals surface area contributed by atoms with Crippen LogP contribution >= 0.6 is 0 Å². The second-order valence-electron chi connectivity index (χ2n) is 8.27. The normalized spacial score (nSPS) is 17.7. The van der Waals surface area contributed by atoms with Gasteiger partial charge in [0.05, 0.1) is 17.5 Å². The van der Waals surface area contributed by atoms with Crippen molar-refractivity contribution in [3.63, 3.8) is 0 Å². The Morgan fingerprint density at radius 1 is 1.27 bits per heavy atom. The second-order valence-corrected chi connectivity index (χ2v) is 8.27. The smallest absolute Gasteiger partial charge is 0.242 e. The van der Waals surface area contributed by atoms with Gasteiger partial charge in [-0.05, 0) is 43.4 Å². The molecule has 3 aromatic rings. The predicted molar refractivity (Wildman–Crippen MR) is 118 cm³/mol. The van der Waals surface area contributed by atoms with E-state index < -0.39 is 0 Å². The molecule has 1 aliphatic rings. The molecule has 1 saturated heterocycles. The van der Waals surface area contributed by atoms with Gasteiger partial charge < -0.3 is 10.1 Å². The Balaban J connectivity index is 1.32. The number of nitrogens with zero attached hydrogens (tertiary/aromatic N) is 2. The van der Waals surface area contributed by atoms with Gasteiger partial charge in [-0.1, -0.05) is 43.7 Å². The van der Waals surface area contributed by atoms with Crippen molar-refractivity contribution < 1.29 is 9.53 Å². The molecule has 0 bridgehead atoms. The predicted octanol–water partition coefficient (Wildman–Crippen LogP) is 4.17. The molecule has 0 radical (unpaired) electrons. The molecule has 2 atom stereocenters. The first-order chi connectivity index (χ1) is 14.7. The van der Waals surface area contributed by atoms with E-state index in [0.717, 1.165) is 29.6 Å². The van der Waals surface area contributed by atoms with Gasteiger partial charge in [-0.3, -0.25) is 14.9 Å². The van der Waals surface area contributed by atoms with E-state index in [2.05, 4.69) is 39.6 Å². The van der Waals surface area contributed by atoms with Gasteiger partial charge in [-0.25, -0.2) is 0 Å². The van der Waals surface area contributed by atoms with Gasteiger partial charge in [0.15, 0.2) is 0 Å². The molecule has 0 saturated carbocycles. The topological polar surface area (TPSA) is 79.9 Å². The van der Waals surface area contributed by atoms with Crippen molar-refractivity contribution in [3.8, 4) is 5.88 Å². The lowest BCUT2D eigenvalue weighted by molar-refractivity contribution is -0.118. The van der Waals surface area contributed by atoms with E-state index in [1.807, 2.05) is 24.3 Å². The van der Waals surface area contributed by atoms with Crippen molar-refractivity contribution in [2.24, 2.45) is 0 Å². The lowest BCUT2D eigenvalue weighted by atomic mass is 9.94. The third kappa shape index (κ3) is 5.25. The molecule has 6 nitrogen and oxygen atoms in total. The summed E-state index contributed by atoms with van der Waals surface area (Å²) in [6.07, 6.45) is 7.35. The number of H-pyrrole nitrogens is 1. The quantitative estimate of drug-likeness (QED) is 0.557. The van der Waals surface area contributed by atoms with Crippen LogP contribution in [0.2, 0.25) is 0 Å². The van der Waals surface area contributed by atoms with Gasteiger partial charge in [0.1, 0.15) is 5.78 Å². The van der Waals surface area contributed by atoms with Crippen LogP contribution in [0, 0.1) is 0 Å². The monoisotopic (exact) mass is 406 g/mol. The van der Waals surface area contributed by atoms with Crippen LogP contribution < -0.4 is 10.1 Å². The van der Waals surface area contributed by atoms with Crippen molar-refractivity contribution in [3.05, 3.63) is 53.9 Å². The van der Waals surface area contributed by atoms with Gasteiger partial charge in [0, 0.05) is 30.8 Å². The molecular formula is C24H30N4O2. The lowest BCUT2D eigenvalue weighted by Crippen LogP contribution is -2.35. The minimum absolute atomic E-state index is 0.189. The number of benzene rings is 1. The highest BCUT2D eigenvalue weighted by atomic mass is 16.5. The van der Waals surface area contributed by atoms with Crippen molar-refractivity contribution in [2.75, 3.05) is 13.2 Å². The van der Waals surface area contributed by atoms with Crippen LogP contribution in [0.5, 0.6) is 5.88 Å². The van der Waals surface area contributed by atoms with E-state index in [-0.39, 0.29) is 11.7 Å². The highest BCUT2D eigenvalue weighted by Crippen LogP contribution is 2.24. The number of aromatic amines is 1. The third-order valence-electron chi connectivity index (χ3n) is 5.87. The molecule has 3 heterocycles. The van der Waals surface area contributed by atoms with Crippen molar-refractivity contribution in [2.45, 2.75) is 57.4 Å². The Bertz CT molecular complexity index is 964. The van der Waals surface area contributed by atoms with Gasteiger partial charge in [0.2, 0.25) is 5.88 Å². The van der Waals surface area contributed by atoms with Crippen LogP contribution in [-0.2, 0) is 11.2 Å². The maximum Gasteiger partial charge on any atom is 0.242 e. The fourth-order valence-corrected chi connectivity index (χ4v) is 4.12. The number of fused-ring (bicyclic) bond motifs is 1. The standard InChI is InChI=1S/C24H30N4O2/c1-17(18-7-3-2-4-8-18)13-21(29)14-20-15-23-22(16-26-20)24(28-27-23)30-12-10-19-9-5-6-11-25-19/h2-4,7-8,15-17,19,25H,5-6,9-14H2,1H3,(H,27,28)/t17-,19?/m0/s1. The summed E-state index contributed by atoms with van der Waals surface area (Å²) in [5.74, 6) is 0.978. The summed E-state index contributed by atoms with van der Waals surface area (Å²) in [4.78, 5) is 17.0. The molecule has 2 aromatic heterocycles. The number of ether oxygens (including phenoxy) is 1. The summed E-state index contributed by atoms with van der Waals surface area (Å²) in [5, 5.41) is 11.7. The van der Waals surface area contributed by atoms with E-state index in [1.54, 1.807) is 6.20 Å². The zero-order valence-corrected chi connectivity index (χ0v) is 17.6. The highest BCUT2D eigenvalue weighted by Gasteiger charge is 2.15.